The van der Waals surface area contributed by atoms with Gasteiger partial charge in [0.05, 0.1) is 12.1 Å². The van der Waals surface area contributed by atoms with E-state index in [-0.39, 0.29) is 10.9 Å². The largest absolute Gasteiger partial charge is 0.496 e. The van der Waals surface area contributed by atoms with E-state index in [1.165, 1.54) is 6.07 Å². The van der Waals surface area contributed by atoms with Crippen LogP contribution in [0.15, 0.2) is 12.1 Å². The fraction of sp³-hybridized carbons (Fsp3) is 0.455. The summed E-state index contributed by atoms with van der Waals surface area (Å²) in [5.74, 6) is 0.441. The third-order valence-corrected chi connectivity index (χ3v) is 2.74. The lowest BCUT2D eigenvalue weighted by atomic mass is 10.0. The van der Waals surface area contributed by atoms with Gasteiger partial charge in [-0.05, 0) is 31.0 Å². The number of methoxy groups -OCH3 is 1. The zero-order chi connectivity index (χ0) is 11.4. The zero-order valence-corrected chi connectivity index (χ0v) is 9.64. The van der Waals surface area contributed by atoms with Gasteiger partial charge in [-0.1, -0.05) is 18.5 Å². The highest BCUT2D eigenvalue weighted by Gasteiger charge is 2.14. The lowest BCUT2D eigenvalue weighted by Crippen LogP contribution is -2.14. The summed E-state index contributed by atoms with van der Waals surface area (Å²) in [6.07, 6.45) is 0.621. The highest BCUT2D eigenvalue weighted by molar-refractivity contribution is 6.31. The number of halogens is 2. The van der Waals surface area contributed by atoms with Crippen LogP contribution in [-0.2, 0) is 6.42 Å². The Hall–Kier alpha value is -0.800. The first kappa shape index (κ1) is 12.3. The molecule has 0 fully saturated rings. The van der Waals surface area contributed by atoms with Gasteiger partial charge < -0.3 is 10.5 Å². The van der Waals surface area contributed by atoms with Crippen molar-refractivity contribution in [2.75, 3.05) is 13.7 Å². The molecule has 0 aromatic heterocycles. The van der Waals surface area contributed by atoms with Crippen LogP contribution >= 0.6 is 11.6 Å². The van der Waals surface area contributed by atoms with E-state index in [1.807, 2.05) is 6.92 Å². The molecule has 2 nitrogen and oxygen atoms in total. The summed E-state index contributed by atoms with van der Waals surface area (Å²) >= 11 is 5.88. The lowest BCUT2D eigenvalue weighted by Gasteiger charge is -2.14. The molecule has 1 unspecified atom stereocenters. The molecule has 0 radical (unpaired) electrons. The van der Waals surface area contributed by atoms with Gasteiger partial charge in [0.25, 0.3) is 0 Å². The minimum absolute atomic E-state index is 0.134. The molecule has 0 aliphatic heterocycles. The Morgan fingerprint density at radius 3 is 2.73 bits per heavy atom. The van der Waals surface area contributed by atoms with Crippen LogP contribution in [0, 0.1) is 11.7 Å². The smallest absolute Gasteiger partial charge is 0.142 e. The van der Waals surface area contributed by atoms with Crippen molar-refractivity contribution in [1.82, 2.24) is 0 Å². The van der Waals surface area contributed by atoms with Crippen LogP contribution in [0.1, 0.15) is 12.5 Å². The molecular weight excluding hydrogens is 217 g/mol. The summed E-state index contributed by atoms with van der Waals surface area (Å²) in [6.45, 7) is 2.52. The number of rotatable bonds is 4. The van der Waals surface area contributed by atoms with Crippen LogP contribution < -0.4 is 10.5 Å². The predicted molar refractivity (Wildman–Crippen MR) is 59.9 cm³/mol. The number of hydrogen-bond acceptors (Lipinski definition) is 2. The van der Waals surface area contributed by atoms with Crippen molar-refractivity contribution < 1.29 is 9.13 Å². The molecule has 0 saturated carbocycles. The van der Waals surface area contributed by atoms with Gasteiger partial charge in [-0.15, -0.1) is 0 Å². The number of benzene rings is 1. The summed E-state index contributed by atoms with van der Waals surface area (Å²) in [5, 5.41) is 0.134. The van der Waals surface area contributed by atoms with E-state index in [4.69, 9.17) is 22.1 Å². The van der Waals surface area contributed by atoms with Gasteiger partial charge in [-0.3, -0.25) is 0 Å². The van der Waals surface area contributed by atoms with E-state index >= 15 is 0 Å². The molecule has 0 aliphatic rings. The first-order valence-corrected chi connectivity index (χ1v) is 5.18. The topological polar surface area (TPSA) is 35.2 Å². The van der Waals surface area contributed by atoms with Gasteiger partial charge in [-0.25, -0.2) is 4.39 Å². The second-order valence-corrected chi connectivity index (χ2v) is 3.97. The molecule has 0 aliphatic carbocycles. The standard InChI is InChI=1S/C11H15ClFNO/c1-7(6-14)5-8-10(15-2)4-3-9(13)11(8)12/h3-4,7H,5-6,14H2,1-2H3. The first-order chi connectivity index (χ1) is 7.10. The Bertz CT molecular complexity index is 344. The summed E-state index contributed by atoms with van der Waals surface area (Å²) < 4.78 is 18.4. The van der Waals surface area contributed by atoms with Gasteiger partial charge in [0, 0.05) is 5.56 Å². The fourth-order valence-corrected chi connectivity index (χ4v) is 1.62. The summed E-state index contributed by atoms with van der Waals surface area (Å²) in [6, 6.07) is 2.89. The predicted octanol–water partition coefficient (Wildman–Crippen LogP) is 2.62. The lowest BCUT2D eigenvalue weighted by molar-refractivity contribution is 0.404. The van der Waals surface area contributed by atoms with E-state index < -0.39 is 5.82 Å². The average Bonchev–Trinajstić information content (AvgIpc) is 2.25. The summed E-state index contributed by atoms with van der Waals surface area (Å²) in [7, 11) is 1.54. The third-order valence-electron chi connectivity index (χ3n) is 2.33. The molecule has 15 heavy (non-hydrogen) atoms. The molecular formula is C11H15ClFNO. The van der Waals surface area contributed by atoms with Crippen LogP contribution in [0.2, 0.25) is 5.02 Å². The van der Waals surface area contributed by atoms with Gasteiger partial charge in [-0.2, -0.15) is 0 Å². The Labute approximate surface area is 94.2 Å². The van der Waals surface area contributed by atoms with Gasteiger partial charge in [0.1, 0.15) is 11.6 Å². The molecule has 0 saturated heterocycles. The van der Waals surface area contributed by atoms with Gasteiger partial charge in [0.2, 0.25) is 0 Å². The minimum Gasteiger partial charge on any atom is -0.496 e. The van der Waals surface area contributed by atoms with Crippen LogP contribution in [0.25, 0.3) is 0 Å². The first-order valence-electron chi connectivity index (χ1n) is 4.81. The molecule has 2 N–H and O–H groups in total. The van der Waals surface area contributed by atoms with Crippen molar-refractivity contribution >= 4 is 11.6 Å². The molecule has 0 amide bonds. The molecule has 4 heteroatoms. The Morgan fingerprint density at radius 2 is 2.20 bits per heavy atom. The maximum absolute atomic E-state index is 13.2. The Morgan fingerprint density at radius 1 is 1.53 bits per heavy atom. The molecule has 1 rings (SSSR count). The second kappa shape index (κ2) is 5.33. The van der Waals surface area contributed by atoms with Crippen LogP contribution in [-0.4, -0.2) is 13.7 Å². The van der Waals surface area contributed by atoms with E-state index in [0.29, 0.717) is 24.3 Å². The highest BCUT2D eigenvalue weighted by Crippen LogP contribution is 2.30. The maximum atomic E-state index is 13.2. The number of hydrogen-bond donors (Lipinski definition) is 1. The van der Waals surface area contributed by atoms with Crippen molar-refractivity contribution in [2.24, 2.45) is 11.7 Å². The number of ether oxygens (including phenoxy) is 1. The van der Waals surface area contributed by atoms with Crippen molar-refractivity contribution in [3.8, 4) is 5.75 Å². The molecule has 0 bridgehead atoms. The van der Waals surface area contributed by atoms with Gasteiger partial charge in [0.15, 0.2) is 0 Å². The zero-order valence-electron chi connectivity index (χ0n) is 8.89. The van der Waals surface area contributed by atoms with Crippen molar-refractivity contribution in [1.29, 1.82) is 0 Å². The summed E-state index contributed by atoms with van der Waals surface area (Å²) in [4.78, 5) is 0. The molecule has 84 valence electrons. The van der Waals surface area contributed by atoms with Crippen LogP contribution in [0.5, 0.6) is 5.75 Å². The second-order valence-electron chi connectivity index (χ2n) is 3.59. The normalized spacial score (nSPS) is 12.6. The number of nitrogens with two attached hydrogens (primary N) is 1. The van der Waals surface area contributed by atoms with E-state index in [2.05, 4.69) is 0 Å². The van der Waals surface area contributed by atoms with E-state index in [0.717, 1.165) is 0 Å². The molecule has 0 heterocycles. The quantitative estimate of drug-likeness (QED) is 0.865. The average molecular weight is 232 g/mol. The Kier molecular flexibility index (Phi) is 4.36. The summed E-state index contributed by atoms with van der Waals surface area (Å²) in [5.41, 5.74) is 6.21. The Balaban J connectivity index is 3.06. The maximum Gasteiger partial charge on any atom is 0.142 e. The van der Waals surface area contributed by atoms with Crippen molar-refractivity contribution in [3.63, 3.8) is 0 Å². The molecule has 1 atom stereocenters. The van der Waals surface area contributed by atoms with Crippen molar-refractivity contribution in [3.05, 3.63) is 28.5 Å². The van der Waals surface area contributed by atoms with E-state index in [1.54, 1.807) is 13.2 Å². The fourth-order valence-electron chi connectivity index (χ4n) is 1.39. The minimum atomic E-state index is -0.420. The highest BCUT2D eigenvalue weighted by atomic mass is 35.5. The van der Waals surface area contributed by atoms with Crippen molar-refractivity contribution in [2.45, 2.75) is 13.3 Å². The van der Waals surface area contributed by atoms with Crippen LogP contribution in [0.4, 0.5) is 4.39 Å². The molecule has 0 spiro atoms. The van der Waals surface area contributed by atoms with Crippen LogP contribution in [0.3, 0.4) is 0 Å². The van der Waals surface area contributed by atoms with Gasteiger partial charge >= 0.3 is 0 Å². The third kappa shape index (κ3) is 2.83. The molecule has 1 aromatic carbocycles. The SMILES string of the molecule is COc1ccc(F)c(Cl)c1CC(C)CN. The molecule has 1 aromatic rings. The monoisotopic (exact) mass is 231 g/mol. The van der Waals surface area contributed by atoms with E-state index in [9.17, 15) is 4.39 Å².